The number of amides is 2. The van der Waals surface area contributed by atoms with Gasteiger partial charge in [-0.2, -0.15) is 4.90 Å². The van der Waals surface area contributed by atoms with Gasteiger partial charge in [0.2, 0.25) is 0 Å². The van der Waals surface area contributed by atoms with Crippen LogP contribution in [-0.2, 0) is 19.0 Å². The van der Waals surface area contributed by atoms with E-state index in [-0.39, 0.29) is 19.4 Å². The molecule has 0 aromatic carbocycles. The van der Waals surface area contributed by atoms with Gasteiger partial charge < -0.3 is 19.9 Å². The lowest BCUT2D eigenvalue weighted by Crippen LogP contribution is -2.52. The minimum absolute atomic E-state index is 0.141. The van der Waals surface area contributed by atoms with Gasteiger partial charge in [-0.1, -0.05) is 0 Å². The Bertz CT molecular complexity index is 470. The summed E-state index contributed by atoms with van der Waals surface area (Å²) in [5, 5.41) is 0. The van der Waals surface area contributed by atoms with Crippen LogP contribution in [0.4, 0.5) is 14.0 Å². The molecule has 0 radical (unpaired) electrons. The second-order valence-corrected chi connectivity index (χ2v) is 7.78. The third-order valence-corrected chi connectivity index (χ3v) is 2.97. The Morgan fingerprint density at radius 3 is 1.69 bits per heavy atom. The lowest BCUT2D eigenvalue weighted by molar-refractivity contribution is -0.147. The van der Waals surface area contributed by atoms with Crippen molar-refractivity contribution >= 4 is 18.2 Å². The maximum absolute atomic E-state index is 13.5. The van der Waals surface area contributed by atoms with Crippen LogP contribution in [0, 0.1) is 0 Å². The maximum Gasteiger partial charge on any atom is 0.420 e. The Morgan fingerprint density at radius 2 is 1.38 bits per heavy atom. The van der Waals surface area contributed by atoms with Crippen LogP contribution in [0.2, 0.25) is 0 Å². The lowest BCUT2D eigenvalue weighted by atomic mass is 10.1. The smallest absolute Gasteiger partial charge is 0.420 e. The van der Waals surface area contributed by atoms with Crippen LogP contribution in [0.5, 0.6) is 0 Å². The van der Waals surface area contributed by atoms with E-state index in [9.17, 15) is 18.8 Å². The molecule has 0 rings (SSSR count). The normalized spacial score (nSPS) is 14.2. The number of hydrogen-bond acceptors (Lipinski definition) is 7. The third-order valence-electron chi connectivity index (χ3n) is 2.97. The van der Waals surface area contributed by atoms with Gasteiger partial charge in [-0.15, -0.1) is 0 Å². The summed E-state index contributed by atoms with van der Waals surface area (Å²) >= 11 is 0. The fraction of sp³-hybridized carbons (Fsp3) is 0.824. The molecule has 0 heterocycles. The Hall–Kier alpha value is -1.90. The molecule has 0 saturated carbocycles. The highest BCUT2D eigenvalue weighted by Gasteiger charge is 2.40. The molecule has 0 fully saturated rings. The first kappa shape index (κ1) is 24.1. The lowest BCUT2D eigenvalue weighted by Gasteiger charge is -2.32. The van der Waals surface area contributed by atoms with Crippen LogP contribution in [0.15, 0.2) is 0 Å². The van der Waals surface area contributed by atoms with Crippen LogP contribution in [-0.4, -0.2) is 60.1 Å². The largest absolute Gasteiger partial charge is 0.467 e. The molecule has 0 saturated heterocycles. The number of imide groups is 1. The minimum atomic E-state index is -1.39. The Labute approximate surface area is 154 Å². The first-order valence-corrected chi connectivity index (χ1v) is 8.39. The molecule has 0 aliphatic heterocycles. The highest BCUT2D eigenvalue weighted by atomic mass is 19.1. The predicted molar refractivity (Wildman–Crippen MR) is 93.3 cm³/mol. The molecule has 26 heavy (non-hydrogen) atoms. The standard InChI is InChI=1S/C17H31FN2O6/c1-16(2,3)25-14(22)20(15(23)26-17(4,5)6)12(13(21)24-7)9-8-11(18)10-19/h11-12H,8-10,19H2,1-7H3/t11?,12-/m0/s1. The third kappa shape index (κ3) is 8.98. The number of hydrogen-bond donors (Lipinski definition) is 1. The fourth-order valence-electron chi connectivity index (χ4n) is 1.90. The number of halogens is 1. The van der Waals surface area contributed by atoms with Crippen molar-refractivity contribution in [2.45, 2.75) is 77.8 Å². The number of nitrogens with zero attached hydrogens (tertiary/aromatic N) is 1. The summed E-state index contributed by atoms with van der Waals surface area (Å²) < 4.78 is 28.6. The van der Waals surface area contributed by atoms with E-state index in [0.717, 1.165) is 7.11 Å². The first-order valence-electron chi connectivity index (χ1n) is 8.39. The van der Waals surface area contributed by atoms with Crippen molar-refractivity contribution in [2.24, 2.45) is 5.73 Å². The van der Waals surface area contributed by atoms with Gasteiger partial charge in [-0.05, 0) is 54.4 Å². The zero-order chi connectivity index (χ0) is 20.7. The Kier molecular flexibility index (Phi) is 8.99. The predicted octanol–water partition coefficient (Wildman–Crippen LogP) is 2.78. The molecule has 2 atom stereocenters. The van der Waals surface area contributed by atoms with Gasteiger partial charge in [0.05, 0.1) is 7.11 Å². The summed E-state index contributed by atoms with van der Waals surface area (Å²) in [6, 6.07) is -1.39. The highest BCUT2D eigenvalue weighted by Crippen LogP contribution is 2.20. The number of rotatable bonds is 6. The molecule has 0 aromatic rings. The Morgan fingerprint density at radius 1 is 0.962 bits per heavy atom. The van der Waals surface area contributed by atoms with E-state index in [1.165, 1.54) is 0 Å². The summed E-state index contributed by atoms with van der Waals surface area (Å²) in [6.07, 6.45) is -3.86. The number of esters is 1. The van der Waals surface area contributed by atoms with Gasteiger partial charge in [-0.25, -0.2) is 18.8 Å². The molecule has 2 N–H and O–H groups in total. The molecule has 0 bridgehead atoms. The minimum Gasteiger partial charge on any atom is -0.467 e. The highest BCUT2D eigenvalue weighted by molar-refractivity contribution is 5.94. The van der Waals surface area contributed by atoms with Gasteiger partial charge in [0.25, 0.3) is 0 Å². The molecule has 0 spiro atoms. The molecule has 9 heteroatoms. The SMILES string of the molecule is COC(=O)[C@H](CCC(F)CN)N(C(=O)OC(C)(C)C)C(=O)OC(C)(C)C. The van der Waals surface area contributed by atoms with Crippen LogP contribution in [0.1, 0.15) is 54.4 Å². The van der Waals surface area contributed by atoms with E-state index in [1.54, 1.807) is 41.5 Å². The van der Waals surface area contributed by atoms with Crippen molar-refractivity contribution < 1.29 is 33.0 Å². The molecular weight excluding hydrogens is 347 g/mol. The molecule has 2 amide bonds. The van der Waals surface area contributed by atoms with E-state index in [4.69, 9.17) is 15.2 Å². The maximum atomic E-state index is 13.5. The number of nitrogens with two attached hydrogens (primary N) is 1. The number of alkyl halides is 1. The van der Waals surface area contributed by atoms with Crippen LogP contribution in [0.3, 0.4) is 0 Å². The number of carbonyl (C=O) groups excluding carboxylic acids is 3. The van der Waals surface area contributed by atoms with E-state index in [0.29, 0.717) is 4.90 Å². The summed E-state index contributed by atoms with van der Waals surface area (Å²) in [5.74, 6) is -0.883. The summed E-state index contributed by atoms with van der Waals surface area (Å²) in [6.45, 7) is 9.41. The van der Waals surface area contributed by atoms with Crippen LogP contribution >= 0.6 is 0 Å². The quantitative estimate of drug-likeness (QED) is 0.559. The second kappa shape index (κ2) is 9.70. The van der Waals surface area contributed by atoms with Crippen molar-refractivity contribution in [3.63, 3.8) is 0 Å². The van der Waals surface area contributed by atoms with E-state index in [1.807, 2.05) is 0 Å². The zero-order valence-corrected chi connectivity index (χ0v) is 16.6. The van der Waals surface area contributed by atoms with Crippen molar-refractivity contribution in [3.8, 4) is 0 Å². The molecule has 8 nitrogen and oxygen atoms in total. The van der Waals surface area contributed by atoms with Gasteiger partial charge in [0.1, 0.15) is 23.4 Å². The van der Waals surface area contributed by atoms with Gasteiger partial charge >= 0.3 is 18.2 Å². The summed E-state index contributed by atoms with van der Waals surface area (Å²) in [5.41, 5.74) is 3.40. The van der Waals surface area contributed by atoms with E-state index >= 15 is 0 Å². The zero-order valence-electron chi connectivity index (χ0n) is 16.6. The molecular formula is C17H31FN2O6. The molecule has 0 aliphatic carbocycles. The van der Waals surface area contributed by atoms with Crippen molar-refractivity contribution in [3.05, 3.63) is 0 Å². The molecule has 0 aromatic heterocycles. The van der Waals surface area contributed by atoms with Crippen LogP contribution in [0.25, 0.3) is 0 Å². The van der Waals surface area contributed by atoms with Crippen LogP contribution < -0.4 is 5.73 Å². The fourth-order valence-corrected chi connectivity index (χ4v) is 1.90. The first-order chi connectivity index (χ1) is 11.7. The van der Waals surface area contributed by atoms with Gasteiger partial charge in [0, 0.05) is 6.54 Å². The number of carbonyl (C=O) groups is 3. The van der Waals surface area contributed by atoms with Crippen molar-refractivity contribution in [1.29, 1.82) is 0 Å². The number of ether oxygens (including phenoxy) is 3. The summed E-state index contributed by atoms with van der Waals surface area (Å²) in [7, 11) is 1.10. The molecule has 0 aliphatic rings. The average molecular weight is 378 g/mol. The van der Waals surface area contributed by atoms with E-state index < -0.39 is 41.6 Å². The second-order valence-electron chi connectivity index (χ2n) is 7.78. The summed E-state index contributed by atoms with van der Waals surface area (Å²) in [4.78, 5) is 37.8. The monoisotopic (exact) mass is 378 g/mol. The number of methoxy groups -OCH3 is 1. The molecule has 1 unspecified atom stereocenters. The van der Waals surface area contributed by atoms with Gasteiger partial charge in [-0.3, -0.25) is 0 Å². The van der Waals surface area contributed by atoms with E-state index in [2.05, 4.69) is 4.74 Å². The molecule has 152 valence electrons. The Balaban J connectivity index is 5.73. The topological polar surface area (TPSA) is 108 Å². The average Bonchev–Trinajstić information content (AvgIpc) is 2.46. The van der Waals surface area contributed by atoms with Crippen molar-refractivity contribution in [2.75, 3.05) is 13.7 Å². The van der Waals surface area contributed by atoms with Crippen molar-refractivity contribution in [1.82, 2.24) is 4.90 Å². The van der Waals surface area contributed by atoms with Gasteiger partial charge in [0.15, 0.2) is 0 Å².